The molecule has 0 saturated heterocycles. The summed E-state index contributed by atoms with van der Waals surface area (Å²) in [6.45, 7) is 1.92. The lowest BCUT2D eigenvalue weighted by Crippen LogP contribution is -2.08. The predicted octanol–water partition coefficient (Wildman–Crippen LogP) is 2.05. The van der Waals surface area contributed by atoms with Crippen molar-refractivity contribution < 1.29 is 14.6 Å². The Labute approximate surface area is 114 Å². The number of ether oxygens (including phenoxy) is 1. The van der Waals surface area contributed by atoms with Gasteiger partial charge < -0.3 is 9.84 Å². The Morgan fingerprint density at radius 2 is 2.32 bits per heavy atom. The summed E-state index contributed by atoms with van der Waals surface area (Å²) in [5.74, 6) is -0.937. The molecule has 0 aliphatic rings. The van der Waals surface area contributed by atoms with E-state index in [1.165, 1.54) is 6.20 Å². The molecule has 0 atom stereocenters. The Hall–Kier alpha value is -2.08. The van der Waals surface area contributed by atoms with E-state index in [-0.39, 0.29) is 18.1 Å². The zero-order valence-corrected chi connectivity index (χ0v) is 11.2. The molecule has 1 N–H and O–H groups in total. The van der Waals surface area contributed by atoms with E-state index in [9.17, 15) is 4.79 Å². The molecule has 7 heteroatoms. The third kappa shape index (κ3) is 2.68. The van der Waals surface area contributed by atoms with Gasteiger partial charge in [0.25, 0.3) is 0 Å². The molecule has 2 aromatic heterocycles. The van der Waals surface area contributed by atoms with Gasteiger partial charge in [-0.15, -0.1) is 0 Å². The van der Waals surface area contributed by atoms with Gasteiger partial charge in [0.1, 0.15) is 6.61 Å². The molecule has 0 aliphatic carbocycles. The Bertz CT molecular complexity index is 625. The number of aromatic carboxylic acids is 1. The highest BCUT2D eigenvalue weighted by atomic mass is 35.5. The quantitative estimate of drug-likeness (QED) is 0.928. The fourth-order valence-corrected chi connectivity index (χ4v) is 1.87. The van der Waals surface area contributed by atoms with E-state index < -0.39 is 5.97 Å². The number of pyridine rings is 1. The van der Waals surface area contributed by atoms with Gasteiger partial charge in [-0.2, -0.15) is 5.10 Å². The van der Waals surface area contributed by atoms with Gasteiger partial charge in [-0.05, 0) is 19.1 Å². The maximum atomic E-state index is 11.0. The molecule has 100 valence electrons. The van der Waals surface area contributed by atoms with Crippen LogP contribution < -0.4 is 4.74 Å². The van der Waals surface area contributed by atoms with Gasteiger partial charge in [-0.25, -0.2) is 9.78 Å². The van der Waals surface area contributed by atoms with Gasteiger partial charge >= 0.3 is 5.97 Å². The Morgan fingerprint density at radius 1 is 1.58 bits per heavy atom. The Morgan fingerprint density at radius 3 is 2.89 bits per heavy atom. The smallest absolute Gasteiger partial charge is 0.358 e. The van der Waals surface area contributed by atoms with E-state index in [2.05, 4.69) is 10.1 Å². The van der Waals surface area contributed by atoms with Crippen molar-refractivity contribution in [3.63, 3.8) is 0 Å². The lowest BCUT2D eigenvalue weighted by Gasteiger charge is -2.08. The fraction of sp³-hybridized carbons (Fsp3) is 0.250. The van der Waals surface area contributed by atoms with Crippen molar-refractivity contribution >= 4 is 17.6 Å². The van der Waals surface area contributed by atoms with Crippen LogP contribution >= 0.6 is 11.6 Å². The number of halogens is 1. The Balaban J connectivity index is 2.22. The molecule has 0 spiro atoms. The number of carboxylic acids is 1. The van der Waals surface area contributed by atoms with Gasteiger partial charge in [-0.1, -0.05) is 11.6 Å². The molecule has 0 unspecified atom stereocenters. The first-order chi connectivity index (χ1) is 9.00. The summed E-state index contributed by atoms with van der Waals surface area (Å²) in [5, 5.41) is 13.7. The minimum atomic E-state index is -1.14. The van der Waals surface area contributed by atoms with Crippen molar-refractivity contribution in [2.45, 2.75) is 13.5 Å². The third-order valence-corrected chi connectivity index (χ3v) is 3.09. The zero-order chi connectivity index (χ0) is 14.0. The van der Waals surface area contributed by atoms with Gasteiger partial charge in [0.15, 0.2) is 11.4 Å². The topological polar surface area (TPSA) is 77.2 Å². The normalized spacial score (nSPS) is 10.5. The molecule has 0 aromatic carbocycles. The molecule has 0 amide bonds. The summed E-state index contributed by atoms with van der Waals surface area (Å²) < 4.78 is 7.08. The summed E-state index contributed by atoms with van der Waals surface area (Å²) in [5.41, 5.74) is 1.25. The van der Waals surface area contributed by atoms with E-state index in [0.29, 0.717) is 16.4 Å². The zero-order valence-electron chi connectivity index (χ0n) is 10.4. The Kier molecular flexibility index (Phi) is 3.71. The van der Waals surface area contributed by atoms with Crippen LogP contribution in [0.4, 0.5) is 0 Å². The number of rotatable bonds is 4. The maximum Gasteiger partial charge on any atom is 0.358 e. The molecular weight excluding hydrogens is 270 g/mol. The lowest BCUT2D eigenvalue weighted by atomic mass is 10.3. The summed E-state index contributed by atoms with van der Waals surface area (Å²) in [4.78, 5) is 14.7. The highest BCUT2D eigenvalue weighted by Gasteiger charge is 2.15. The molecule has 2 heterocycles. The van der Waals surface area contributed by atoms with Crippen LogP contribution in [0.1, 0.15) is 21.9 Å². The lowest BCUT2D eigenvalue weighted by molar-refractivity contribution is 0.0684. The molecule has 0 radical (unpaired) electrons. The van der Waals surface area contributed by atoms with E-state index in [1.54, 1.807) is 30.8 Å². The first kappa shape index (κ1) is 13.4. The number of aromatic nitrogens is 3. The number of hydrogen-bond donors (Lipinski definition) is 1. The number of carboxylic acid groups (broad SMARTS) is 1. The second-order valence-corrected chi connectivity index (χ2v) is 4.29. The van der Waals surface area contributed by atoms with Crippen molar-refractivity contribution in [1.82, 2.24) is 14.8 Å². The highest BCUT2D eigenvalue weighted by molar-refractivity contribution is 6.31. The monoisotopic (exact) mass is 281 g/mol. The van der Waals surface area contributed by atoms with E-state index in [4.69, 9.17) is 21.4 Å². The summed E-state index contributed by atoms with van der Waals surface area (Å²) in [6, 6.07) is 3.16. The van der Waals surface area contributed by atoms with Crippen molar-refractivity contribution in [1.29, 1.82) is 0 Å². The first-order valence-corrected chi connectivity index (χ1v) is 5.87. The van der Waals surface area contributed by atoms with Crippen LogP contribution in [-0.2, 0) is 13.7 Å². The second kappa shape index (κ2) is 5.27. The van der Waals surface area contributed by atoms with Crippen molar-refractivity contribution in [3.05, 3.63) is 40.4 Å². The van der Waals surface area contributed by atoms with E-state index in [0.717, 1.165) is 0 Å². The van der Waals surface area contributed by atoms with Crippen LogP contribution in [0.25, 0.3) is 0 Å². The van der Waals surface area contributed by atoms with Crippen LogP contribution in [0.3, 0.4) is 0 Å². The number of aryl methyl sites for hydroxylation is 2. The molecule has 2 rings (SSSR count). The summed E-state index contributed by atoms with van der Waals surface area (Å²) in [7, 11) is 1.75. The summed E-state index contributed by atoms with van der Waals surface area (Å²) >= 11 is 6.09. The van der Waals surface area contributed by atoms with Crippen LogP contribution in [0.5, 0.6) is 5.75 Å². The fourth-order valence-electron chi connectivity index (χ4n) is 1.65. The average Bonchev–Trinajstić information content (AvgIpc) is 2.61. The highest BCUT2D eigenvalue weighted by Crippen LogP contribution is 2.22. The molecule has 6 nitrogen and oxygen atoms in total. The number of carbonyl (C=O) groups is 1. The van der Waals surface area contributed by atoms with Crippen molar-refractivity contribution in [2.75, 3.05) is 0 Å². The van der Waals surface area contributed by atoms with Crippen LogP contribution in [0.2, 0.25) is 5.02 Å². The largest absolute Gasteiger partial charge is 0.485 e. The maximum absolute atomic E-state index is 11.0. The number of nitrogens with zero attached hydrogens (tertiary/aromatic N) is 3. The SMILES string of the molecule is Cc1nn(C)c(COc2cccnc2C(=O)O)c1Cl. The minimum absolute atomic E-state index is 0.127. The van der Waals surface area contributed by atoms with Crippen LogP contribution in [0, 0.1) is 6.92 Å². The molecule has 0 fully saturated rings. The van der Waals surface area contributed by atoms with E-state index >= 15 is 0 Å². The summed E-state index contributed by atoms with van der Waals surface area (Å²) in [6.07, 6.45) is 1.40. The van der Waals surface area contributed by atoms with Gasteiger partial charge in [0, 0.05) is 13.2 Å². The molecular formula is C12H12ClN3O3. The minimum Gasteiger partial charge on any atom is -0.485 e. The first-order valence-electron chi connectivity index (χ1n) is 5.49. The predicted molar refractivity (Wildman–Crippen MR) is 68.5 cm³/mol. The van der Waals surface area contributed by atoms with Crippen LogP contribution in [0.15, 0.2) is 18.3 Å². The number of hydrogen-bond acceptors (Lipinski definition) is 4. The second-order valence-electron chi connectivity index (χ2n) is 3.91. The molecule has 2 aromatic rings. The standard InChI is InChI=1S/C12H12ClN3O3/c1-7-10(13)8(16(2)15-7)6-19-9-4-3-5-14-11(9)12(17)18/h3-5H,6H2,1-2H3,(H,17,18). The van der Waals surface area contributed by atoms with Crippen molar-refractivity contribution in [2.24, 2.45) is 7.05 Å². The molecule has 0 bridgehead atoms. The van der Waals surface area contributed by atoms with Gasteiger partial charge in [0.2, 0.25) is 0 Å². The van der Waals surface area contributed by atoms with Gasteiger partial charge in [0.05, 0.1) is 16.4 Å². The van der Waals surface area contributed by atoms with Crippen molar-refractivity contribution in [3.8, 4) is 5.75 Å². The third-order valence-electron chi connectivity index (χ3n) is 2.60. The van der Waals surface area contributed by atoms with E-state index in [1.807, 2.05) is 0 Å². The molecule has 0 saturated carbocycles. The average molecular weight is 282 g/mol. The van der Waals surface area contributed by atoms with Gasteiger partial charge in [-0.3, -0.25) is 4.68 Å². The van der Waals surface area contributed by atoms with Crippen LogP contribution in [-0.4, -0.2) is 25.8 Å². The molecule has 19 heavy (non-hydrogen) atoms. The molecule has 0 aliphatic heterocycles.